The van der Waals surface area contributed by atoms with Crippen molar-refractivity contribution in [2.24, 2.45) is 0 Å². The summed E-state index contributed by atoms with van der Waals surface area (Å²) in [4.78, 5) is 2.40. The van der Waals surface area contributed by atoms with E-state index in [0.717, 1.165) is 22.7 Å². The van der Waals surface area contributed by atoms with Crippen molar-refractivity contribution in [2.75, 3.05) is 4.90 Å². The minimum atomic E-state index is -0.478. The van der Waals surface area contributed by atoms with E-state index in [2.05, 4.69) is 264 Å². The second-order valence-corrected chi connectivity index (χ2v) is 17.2. The molecule has 0 radical (unpaired) electrons. The van der Waals surface area contributed by atoms with Gasteiger partial charge in [-0.25, -0.2) is 0 Å². The molecule has 0 unspecified atom stereocenters. The summed E-state index contributed by atoms with van der Waals surface area (Å²) in [6.45, 7) is 0. The Morgan fingerprint density at radius 3 is 1.71 bits per heavy atom. The van der Waals surface area contributed by atoms with Gasteiger partial charge in [-0.3, -0.25) is 0 Å². The van der Waals surface area contributed by atoms with E-state index in [4.69, 9.17) is 0 Å². The summed E-state index contributed by atoms with van der Waals surface area (Å²) in [5.74, 6) is 0. The van der Waals surface area contributed by atoms with Gasteiger partial charge in [-0.1, -0.05) is 194 Å². The van der Waals surface area contributed by atoms with Crippen LogP contribution in [0.25, 0.3) is 71.3 Å². The van der Waals surface area contributed by atoms with Crippen LogP contribution in [-0.2, 0) is 5.41 Å². The lowest BCUT2D eigenvalue weighted by molar-refractivity contribution is 0.767. The van der Waals surface area contributed by atoms with E-state index in [9.17, 15) is 0 Å². The van der Waals surface area contributed by atoms with E-state index >= 15 is 0 Å². The summed E-state index contributed by atoms with van der Waals surface area (Å²) in [5.41, 5.74) is 16.6. The van der Waals surface area contributed by atoms with Crippen LogP contribution in [0.2, 0.25) is 0 Å². The van der Waals surface area contributed by atoms with Crippen molar-refractivity contribution in [2.45, 2.75) is 5.41 Å². The lowest BCUT2D eigenvalue weighted by Crippen LogP contribution is -2.28. The predicted octanol–water partition coefficient (Wildman–Crippen LogP) is 16.6. The monoisotopic (exact) mass is 826 g/mol. The van der Waals surface area contributed by atoms with Crippen molar-refractivity contribution in [3.63, 3.8) is 0 Å². The van der Waals surface area contributed by atoms with E-state index in [1.165, 1.54) is 87.9 Å². The van der Waals surface area contributed by atoms with Gasteiger partial charge < -0.3 is 9.47 Å². The first-order valence-electron chi connectivity index (χ1n) is 22.5. The number of anilines is 3. The molecule has 11 aromatic carbocycles. The Morgan fingerprint density at radius 1 is 0.323 bits per heavy atom. The fourth-order valence-electron chi connectivity index (χ4n) is 11.0. The molecule has 1 aliphatic carbocycles. The van der Waals surface area contributed by atoms with Crippen LogP contribution in [0.4, 0.5) is 17.1 Å². The maximum Gasteiger partial charge on any atom is 0.0714 e. The van der Waals surface area contributed by atoms with E-state index in [1.54, 1.807) is 0 Å². The molecular formula is C63H42N2. The molecule has 1 heterocycles. The Kier molecular flexibility index (Phi) is 8.47. The number of fused-ring (bicyclic) bond motifs is 8. The SMILES string of the molecule is c1ccc(N(c2ccc3ccccc3c2)c2ccc(-c3ccc4c(c3)c3ccccc3n4-c3ccc4c(c3)C(c3ccccc3)(c3ccccc3)c3ccccc3-4)c3ccccc23)cc1. The zero-order valence-corrected chi connectivity index (χ0v) is 35.6. The molecule has 0 saturated carbocycles. The smallest absolute Gasteiger partial charge is 0.0714 e. The Morgan fingerprint density at radius 2 is 0.923 bits per heavy atom. The molecule has 0 fully saturated rings. The predicted molar refractivity (Wildman–Crippen MR) is 273 cm³/mol. The number of rotatable bonds is 7. The summed E-state index contributed by atoms with van der Waals surface area (Å²) < 4.78 is 2.47. The van der Waals surface area contributed by atoms with E-state index in [0.29, 0.717) is 0 Å². The van der Waals surface area contributed by atoms with Crippen molar-refractivity contribution in [3.8, 4) is 27.9 Å². The van der Waals surface area contributed by atoms with Crippen LogP contribution < -0.4 is 4.90 Å². The Labute approximate surface area is 378 Å². The van der Waals surface area contributed by atoms with E-state index < -0.39 is 5.41 Å². The number of hydrogen-bond acceptors (Lipinski definition) is 1. The molecule has 304 valence electrons. The molecular weight excluding hydrogens is 785 g/mol. The Bertz CT molecular complexity index is 3730. The summed E-state index contributed by atoms with van der Waals surface area (Å²) in [5, 5.41) is 7.33. The zero-order chi connectivity index (χ0) is 42.9. The molecule has 2 heteroatoms. The molecule has 0 N–H and O–H groups in total. The Hall–Kier alpha value is -8.46. The molecule has 13 rings (SSSR count). The lowest BCUT2D eigenvalue weighted by Gasteiger charge is -2.34. The number of benzene rings is 11. The van der Waals surface area contributed by atoms with Gasteiger partial charge >= 0.3 is 0 Å². The van der Waals surface area contributed by atoms with Gasteiger partial charge in [-0.2, -0.15) is 0 Å². The molecule has 12 aromatic rings. The standard InChI is InChI=1S/C63H42N2/c1-4-20-46(21-5-1)63(47-22-6-2-7-23-47)58-30-16-14-27-53(58)54-36-35-50(42-59(54)63)65-60-31-17-15-29-56(60)57-41-45(33-38-62(57)65)51-37-39-61(55-28-13-12-26-52(51)55)64(48-24-8-3-9-25-48)49-34-32-43-18-10-11-19-44(43)40-49/h1-42H. The summed E-state index contributed by atoms with van der Waals surface area (Å²) in [6.07, 6.45) is 0. The number of aromatic nitrogens is 1. The van der Waals surface area contributed by atoms with Gasteiger partial charge in [0.05, 0.1) is 22.1 Å². The largest absolute Gasteiger partial charge is 0.310 e. The van der Waals surface area contributed by atoms with Crippen LogP contribution in [0.3, 0.4) is 0 Å². The van der Waals surface area contributed by atoms with Crippen molar-refractivity contribution in [1.29, 1.82) is 0 Å². The molecule has 0 bridgehead atoms. The highest BCUT2D eigenvalue weighted by Crippen LogP contribution is 2.56. The highest BCUT2D eigenvalue weighted by molar-refractivity contribution is 6.13. The highest BCUT2D eigenvalue weighted by atomic mass is 15.1. The second kappa shape index (κ2) is 14.8. The van der Waals surface area contributed by atoms with Gasteiger partial charge in [0.25, 0.3) is 0 Å². The molecule has 0 saturated heterocycles. The van der Waals surface area contributed by atoms with Crippen molar-refractivity contribution in [3.05, 3.63) is 277 Å². The van der Waals surface area contributed by atoms with Crippen LogP contribution in [0, 0.1) is 0 Å². The van der Waals surface area contributed by atoms with E-state index in [1.807, 2.05) is 0 Å². The average molecular weight is 827 g/mol. The van der Waals surface area contributed by atoms with Crippen molar-refractivity contribution >= 4 is 60.4 Å². The van der Waals surface area contributed by atoms with Crippen molar-refractivity contribution < 1.29 is 0 Å². The lowest BCUT2D eigenvalue weighted by atomic mass is 9.67. The second-order valence-electron chi connectivity index (χ2n) is 17.2. The third-order valence-corrected chi connectivity index (χ3v) is 13.8. The van der Waals surface area contributed by atoms with Crippen molar-refractivity contribution in [1.82, 2.24) is 4.57 Å². The highest BCUT2D eigenvalue weighted by Gasteiger charge is 2.46. The maximum atomic E-state index is 2.47. The fraction of sp³-hybridized carbons (Fsp3) is 0.0159. The van der Waals surface area contributed by atoms with Gasteiger partial charge in [-0.15, -0.1) is 0 Å². The first kappa shape index (κ1) is 37.1. The van der Waals surface area contributed by atoms with Crippen LogP contribution in [0.1, 0.15) is 22.3 Å². The topological polar surface area (TPSA) is 8.17 Å². The molecule has 65 heavy (non-hydrogen) atoms. The molecule has 0 amide bonds. The minimum absolute atomic E-state index is 0.478. The number of hydrogen-bond donors (Lipinski definition) is 0. The molecule has 1 aliphatic rings. The van der Waals surface area contributed by atoms with Crippen LogP contribution in [0.5, 0.6) is 0 Å². The number of nitrogens with zero attached hydrogens (tertiary/aromatic N) is 2. The minimum Gasteiger partial charge on any atom is -0.310 e. The average Bonchev–Trinajstić information content (AvgIpc) is 3.87. The molecule has 0 spiro atoms. The summed E-state index contributed by atoms with van der Waals surface area (Å²) >= 11 is 0. The summed E-state index contributed by atoms with van der Waals surface area (Å²) in [7, 11) is 0. The van der Waals surface area contributed by atoms with Gasteiger partial charge in [0.2, 0.25) is 0 Å². The van der Waals surface area contributed by atoms with Crippen LogP contribution in [-0.4, -0.2) is 4.57 Å². The first-order valence-corrected chi connectivity index (χ1v) is 22.5. The molecule has 0 atom stereocenters. The van der Waals surface area contributed by atoms with Gasteiger partial charge in [0.1, 0.15) is 0 Å². The third-order valence-electron chi connectivity index (χ3n) is 13.8. The van der Waals surface area contributed by atoms with Crippen LogP contribution >= 0.6 is 0 Å². The number of para-hydroxylation sites is 2. The van der Waals surface area contributed by atoms with E-state index in [-0.39, 0.29) is 0 Å². The Balaban J connectivity index is 0.988. The molecule has 0 aliphatic heterocycles. The van der Waals surface area contributed by atoms with Gasteiger partial charge in [-0.05, 0) is 121 Å². The van der Waals surface area contributed by atoms with Crippen LogP contribution in [0.15, 0.2) is 255 Å². The third kappa shape index (κ3) is 5.67. The zero-order valence-electron chi connectivity index (χ0n) is 35.6. The quantitative estimate of drug-likeness (QED) is 0.155. The van der Waals surface area contributed by atoms with Gasteiger partial charge in [0.15, 0.2) is 0 Å². The van der Waals surface area contributed by atoms with Gasteiger partial charge in [0, 0.05) is 33.2 Å². The normalized spacial score (nSPS) is 12.7. The first-order chi connectivity index (χ1) is 32.3. The molecule has 1 aromatic heterocycles. The molecule has 2 nitrogen and oxygen atoms in total. The maximum absolute atomic E-state index is 2.47. The summed E-state index contributed by atoms with van der Waals surface area (Å²) in [6, 6.07) is 93.8. The fourth-order valence-corrected chi connectivity index (χ4v) is 11.0.